The number of aliphatic hydroxyl groups is 1. The highest BCUT2D eigenvalue weighted by atomic mass is 32.2. The van der Waals surface area contributed by atoms with Gasteiger partial charge in [-0.15, -0.1) is 0 Å². The molecule has 1 rings (SSSR count). The van der Waals surface area contributed by atoms with Gasteiger partial charge in [-0.2, -0.15) is 8.78 Å². The molecule has 1 aromatic rings. The molecule has 1 atom stereocenters. The lowest BCUT2D eigenvalue weighted by Gasteiger charge is -2.10. The molecule has 0 aliphatic carbocycles. The minimum atomic E-state index is -3.30. The van der Waals surface area contributed by atoms with E-state index < -0.39 is 28.3 Å². The van der Waals surface area contributed by atoms with Crippen LogP contribution in [0.1, 0.15) is 11.7 Å². The van der Waals surface area contributed by atoms with E-state index in [2.05, 4.69) is 4.74 Å². The largest absolute Gasteiger partial charge is 0.435 e. The summed E-state index contributed by atoms with van der Waals surface area (Å²) in [7, 11) is -3.30. The Morgan fingerprint density at radius 3 is 2.24 bits per heavy atom. The monoisotopic (exact) mass is 266 g/mol. The normalized spacial score (nSPS) is 13.7. The summed E-state index contributed by atoms with van der Waals surface area (Å²) in [4.78, 5) is 0. The summed E-state index contributed by atoms with van der Waals surface area (Å²) in [5.74, 6) is -0.461. The van der Waals surface area contributed by atoms with Gasteiger partial charge in [0.15, 0.2) is 0 Å². The lowest BCUT2D eigenvalue weighted by Crippen LogP contribution is -2.12. The van der Waals surface area contributed by atoms with Crippen LogP contribution < -0.4 is 4.74 Å². The van der Waals surface area contributed by atoms with Gasteiger partial charge < -0.3 is 9.84 Å². The van der Waals surface area contributed by atoms with Gasteiger partial charge in [-0.3, -0.25) is 0 Å². The van der Waals surface area contributed by atoms with Crippen molar-refractivity contribution in [2.24, 2.45) is 0 Å². The van der Waals surface area contributed by atoms with Crippen LogP contribution in [0.3, 0.4) is 0 Å². The summed E-state index contributed by atoms with van der Waals surface area (Å²) in [6.45, 7) is -2.92. The van der Waals surface area contributed by atoms with E-state index in [0.29, 0.717) is 5.56 Å². The average Bonchev–Trinajstić information content (AvgIpc) is 2.15. The zero-order valence-corrected chi connectivity index (χ0v) is 9.82. The fraction of sp³-hybridized carbons (Fsp3) is 0.400. The van der Waals surface area contributed by atoms with Crippen LogP contribution in [0.4, 0.5) is 8.78 Å². The molecule has 1 aromatic carbocycles. The van der Waals surface area contributed by atoms with E-state index in [1.807, 2.05) is 0 Å². The van der Waals surface area contributed by atoms with E-state index in [9.17, 15) is 22.3 Å². The maximum atomic E-state index is 11.9. The summed E-state index contributed by atoms with van der Waals surface area (Å²) in [6.07, 6.45) is -0.171. The second kappa shape index (κ2) is 5.42. The van der Waals surface area contributed by atoms with Gasteiger partial charge in [0.25, 0.3) is 0 Å². The Balaban J connectivity index is 2.73. The number of hydrogen-bond acceptors (Lipinski definition) is 4. The van der Waals surface area contributed by atoms with Gasteiger partial charge in [-0.25, -0.2) is 8.42 Å². The van der Waals surface area contributed by atoms with E-state index in [0.717, 1.165) is 6.26 Å². The number of hydrogen-bond donors (Lipinski definition) is 1. The second-order valence-corrected chi connectivity index (χ2v) is 5.74. The predicted octanol–water partition coefficient (Wildman–Crippen LogP) is 1.37. The lowest BCUT2D eigenvalue weighted by molar-refractivity contribution is -0.0498. The molecule has 0 aliphatic heterocycles. The van der Waals surface area contributed by atoms with Crippen LogP contribution in [0.15, 0.2) is 24.3 Å². The topological polar surface area (TPSA) is 63.6 Å². The van der Waals surface area contributed by atoms with Crippen molar-refractivity contribution >= 4 is 9.84 Å². The minimum absolute atomic E-state index is 0.0460. The average molecular weight is 266 g/mol. The summed E-state index contributed by atoms with van der Waals surface area (Å²) in [5, 5.41) is 9.56. The van der Waals surface area contributed by atoms with Crippen molar-refractivity contribution in [3.63, 3.8) is 0 Å². The Morgan fingerprint density at radius 1 is 1.29 bits per heavy atom. The fourth-order valence-corrected chi connectivity index (χ4v) is 2.02. The molecular formula is C10H12F2O4S. The molecule has 96 valence electrons. The third kappa shape index (κ3) is 5.10. The molecule has 1 unspecified atom stereocenters. The molecular weight excluding hydrogens is 254 g/mol. The first-order valence-corrected chi connectivity index (χ1v) is 6.74. The van der Waals surface area contributed by atoms with E-state index in [1.165, 1.54) is 24.3 Å². The van der Waals surface area contributed by atoms with E-state index >= 15 is 0 Å². The Hall–Kier alpha value is -1.21. The second-order valence-electron chi connectivity index (χ2n) is 3.56. The summed E-state index contributed by atoms with van der Waals surface area (Å²) < 4.78 is 49.7. The number of aliphatic hydroxyl groups excluding tert-OH is 1. The van der Waals surface area contributed by atoms with Crippen LogP contribution in [0.5, 0.6) is 5.75 Å². The lowest BCUT2D eigenvalue weighted by atomic mass is 10.1. The zero-order chi connectivity index (χ0) is 13.1. The molecule has 0 saturated carbocycles. The summed E-state index contributed by atoms with van der Waals surface area (Å²) in [5.41, 5.74) is 0.331. The van der Waals surface area contributed by atoms with Crippen molar-refractivity contribution in [2.75, 3.05) is 12.0 Å². The van der Waals surface area contributed by atoms with Crippen molar-refractivity contribution < 1.29 is 27.0 Å². The third-order valence-corrected chi connectivity index (χ3v) is 2.87. The highest BCUT2D eigenvalue weighted by Crippen LogP contribution is 2.20. The molecule has 0 bridgehead atoms. The number of rotatable bonds is 5. The highest BCUT2D eigenvalue weighted by Gasteiger charge is 2.14. The van der Waals surface area contributed by atoms with E-state index in [4.69, 9.17) is 0 Å². The molecule has 0 aliphatic rings. The predicted molar refractivity (Wildman–Crippen MR) is 57.7 cm³/mol. The molecule has 17 heavy (non-hydrogen) atoms. The van der Waals surface area contributed by atoms with Crippen molar-refractivity contribution in [1.82, 2.24) is 0 Å². The number of alkyl halides is 2. The number of halogens is 2. The van der Waals surface area contributed by atoms with Gasteiger partial charge in [0.05, 0.1) is 11.9 Å². The zero-order valence-electron chi connectivity index (χ0n) is 9.01. The fourth-order valence-electron chi connectivity index (χ4n) is 1.25. The maximum absolute atomic E-state index is 11.9. The van der Waals surface area contributed by atoms with Crippen LogP contribution in [-0.4, -0.2) is 32.1 Å². The number of sulfone groups is 1. The molecule has 0 aromatic heterocycles. The molecule has 0 heterocycles. The first-order chi connectivity index (χ1) is 7.78. The summed E-state index contributed by atoms with van der Waals surface area (Å²) in [6, 6.07) is 5.17. The Labute approximate surface area is 97.8 Å². The van der Waals surface area contributed by atoms with Crippen molar-refractivity contribution in [2.45, 2.75) is 12.7 Å². The van der Waals surface area contributed by atoms with Crippen LogP contribution in [0.2, 0.25) is 0 Å². The molecule has 1 N–H and O–H groups in total. The SMILES string of the molecule is CS(=O)(=O)CC(O)c1ccc(OC(F)F)cc1. The maximum Gasteiger partial charge on any atom is 0.387 e. The third-order valence-electron chi connectivity index (χ3n) is 1.95. The standard InChI is InChI=1S/C10H12F2O4S/c1-17(14,15)6-9(13)7-2-4-8(5-3-7)16-10(11)12/h2-5,9-10,13H,6H2,1H3. The first kappa shape index (κ1) is 13.9. The Kier molecular flexibility index (Phi) is 4.41. The van der Waals surface area contributed by atoms with Gasteiger partial charge in [0.1, 0.15) is 15.6 Å². The van der Waals surface area contributed by atoms with Crippen molar-refractivity contribution in [3.8, 4) is 5.75 Å². The molecule has 0 saturated heterocycles. The van der Waals surface area contributed by atoms with Gasteiger partial charge in [0.2, 0.25) is 0 Å². The minimum Gasteiger partial charge on any atom is -0.435 e. The van der Waals surface area contributed by atoms with Crippen LogP contribution in [0.25, 0.3) is 0 Å². The van der Waals surface area contributed by atoms with Crippen LogP contribution in [-0.2, 0) is 9.84 Å². The quantitative estimate of drug-likeness (QED) is 0.874. The molecule has 0 radical (unpaired) electrons. The summed E-state index contributed by atoms with van der Waals surface area (Å²) >= 11 is 0. The van der Waals surface area contributed by atoms with Gasteiger partial charge >= 0.3 is 6.61 Å². The van der Waals surface area contributed by atoms with Crippen molar-refractivity contribution in [3.05, 3.63) is 29.8 Å². The van der Waals surface area contributed by atoms with E-state index in [1.54, 1.807) is 0 Å². The number of benzene rings is 1. The van der Waals surface area contributed by atoms with Crippen LogP contribution >= 0.6 is 0 Å². The first-order valence-electron chi connectivity index (χ1n) is 4.68. The molecule has 4 nitrogen and oxygen atoms in total. The van der Waals surface area contributed by atoms with Gasteiger partial charge in [-0.1, -0.05) is 12.1 Å². The van der Waals surface area contributed by atoms with Crippen LogP contribution in [0, 0.1) is 0 Å². The number of ether oxygens (including phenoxy) is 1. The molecule has 0 spiro atoms. The molecule has 7 heteroatoms. The Bertz CT molecular complexity index is 456. The molecule has 0 fully saturated rings. The highest BCUT2D eigenvalue weighted by molar-refractivity contribution is 7.90. The van der Waals surface area contributed by atoms with Gasteiger partial charge in [0, 0.05) is 6.26 Å². The Morgan fingerprint density at radius 2 is 1.82 bits per heavy atom. The van der Waals surface area contributed by atoms with Crippen molar-refractivity contribution in [1.29, 1.82) is 0 Å². The van der Waals surface area contributed by atoms with E-state index in [-0.39, 0.29) is 5.75 Å². The molecule has 0 amide bonds. The smallest absolute Gasteiger partial charge is 0.387 e. The van der Waals surface area contributed by atoms with Gasteiger partial charge in [-0.05, 0) is 17.7 Å².